The zero-order chi connectivity index (χ0) is 13.0. The van der Waals surface area contributed by atoms with E-state index in [0.717, 1.165) is 16.5 Å². The molecule has 0 saturated carbocycles. The van der Waals surface area contributed by atoms with Crippen LogP contribution in [0.25, 0.3) is 10.9 Å². The summed E-state index contributed by atoms with van der Waals surface area (Å²) in [5.74, 6) is 5.97. The van der Waals surface area contributed by atoms with Gasteiger partial charge in [-0.05, 0) is 12.1 Å². The number of carbonyl (C=O) groups excluding carboxylic acids is 1. The highest BCUT2D eigenvalue weighted by atomic mass is 35.5. The zero-order valence-corrected chi connectivity index (χ0v) is 10.5. The second kappa shape index (κ2) is 5.56. The molecule has 1 N–H and O–H groups in total. The third kappa shape index (κ3) is 2.47. The molecule has 0 aliphatic carbocycles. The number of H-pyrrole nitrogens is 1. The van der Waals surface area contributed by atoms with Gasteiger partial charge in [-0.2, -0.15) is 5.10 Å². The van der Waals surface area contributed by atoms with Crippen LogP contribution in [0.1, 0.15) is 22.3 Å². The Morgan fingerprint density at radius 3 is 3.11 bits per heavy atom. The number of aromatic amines is 1. The number of alkyl halides is 1. The maximum absolute atomic E-state index is 11.7. The first-order valence-corrected chi connectivity index (χ1v) is 5.90. The fraction of sp³-hybridized carbons (Fsp3) is 0.231. The van der Waals surface area contributed by atoms with Crippen molar-refractivity contribution in [2.24, 2.45) is 0 Å². The molecular formula is C13H11ClN2O2. The summed E-state index contributed by atoms with van der Waals surface area (Å²) in [7, 11) is 1.35. The van der Waals surface area contributed by atoms with Gasteiger partial charge in [0.1, 0.15) is 0 Å². The second-order valence-corrected chi connectivity index (χ2v) is 3.97. The van der Waals surface area contributed by atoms with Crippen molar-refractivity contribution in [2.75, 3.05) is 13.0 Å². The monoisotopic (exact) mass is 262 g/mol. The number of halogens is 1. The lowest BCUT2D eigenvalue weighted by Gasteiger charge is -2.01. The molecule has 5 heteroatoms. The molecule has 0 spiro atoms. The molecule has 4 nitrogen and oxygen atoms in total. The number of aromatic nitrogens is 2. The highest BCUT2D eigenvalue weighted by Crippen LogP contribution is 2.19. The van der Waals surface area contributed by atoms with Crippen LogP contribution in [0.4, 0.5) is 0 Å². The van der Waals surface area contributed by atoms with Crippen molar-refractivity contribution in [1.29, 1.82) is 0 Å². The maximum Gasteiger partial charge on any atom is 0.338 e. The molecule has 0 unspecified atom stereocenters. The van der Waals surface area contributed by atoms with E-state index in [1.165, 1.54) is 7.11 Å². The molecule has 0 atom stereocenters. The van der Waals surface area contributed by atoms with E-state index in [2.05, 4.69) is 22.0 Å². The Kier molecular flexibility index (Phi) is 3.85. The minimum Gasteiger partial charge on any atom is -0.465 e. The predicted molar refractivity (Wildman–Crippen MR) is 69.6 cm³/mol. The molecule has 0 radical (unpaired) electrons. The van der Waals surface area contributed by atoms with Gasteiger partial charge in [0.25, 0.3) is 0 Å². The minimum absolute atomic E-state index is 0.401. The molecule has 0 bridgehead atoms. The number of nitrogens with zero attached hydrogens (tertiary/aromatic N) is 1. The molecule has 92 valence electrons. The smallest absolute Gasteiger partial charge is 0.338 e. The van der Waals surface area contributed by atoms with Crippen molar-refractivity contribution in [3.05, 3.63) is 29.5 Å². The number of hydrogen-bond donors (Lipinski definition) is 1. The second-order valence-electron chi connectivity index (χ2n) is 3.59. The third-order valence-corrected chi connectivity index (χ3v) is 2.61. The fourth-order valence-electron chi connectivity index (χ4n) is 1.61. The number of methoxy groups -OCH3 is 1. The van der Waals surface area contributed by atoms with Gasteiger partial charge in [0.15, 0.2) is 0 Å². The van der Waals surface area contributed by atoms with Gasteiger partial charge in [-0.15, -0.1) is 11.6 Å². The summed E-state index contributed by atoms with van der Waals surface area (Å²) >= 11 is 5.56. The lowest BCUT2D eigenvalue weighted by molar-refractivity contribution is 0.0603. The summed E-state index contributed by atoms with van der Waals surface area (Å²) in [6, 6.07) is 3.54. The molecule has 2 aromatic rings. The third-order valence-electron chi connectivity index (χ3n) is 2.42. The SMILES string of the molecule is COC(=O)c1cc(C#CCCCl)cc2[nH]ncc12. The van der Waals surface area contributed by atoms with Crippen LogP contribution in [-0.4, -0.2) is 29.2 Å². The summed E-state index contributed by atoms with van der Waals surface area (Å²) in [6.07, 6.45) is 2.20. The standard InChI is InChI=1S/C13H11ClN2O2/c1-18-13(17)10-6-9(4-2-3-5-14)7-12-11(10)8-15-16-12/h6-8H,3,5H2,1H3,(H,15,16). The van der Waals surface area contributed by atoms with E-state index in [1.807, 2.05) is 6.07 Å². The van der Waals surface area contributed by atoms with E-state index in [-0.39, 0.29) is 0 Å². The quantitative estimate of drug-likeness (QED) is 0.513. The van der Waals surface area contributed by atoms with E-state index in [1.54, 1.807) is 12.3 Å². The predicted octanol–water partition coefficient (Wildman–Crippen LogP) is 2.33. The normalized spacial score (nSPS) is 9.89. The van der Waals surface area contributed by atoms with Gasteiger partial charge in [-0.3, -0.25) is 5.10 Å². The van der Waals surface area contributed by atoms with Crippen molar-refractivity contribution in [1.82, 2.24) is 10.2 Å². The molecule has 0 aliphatic heterocycles. The highest BCUT2D eigenvalue weighted by molar-refractivity contribution is 6.18. The Labute approximate surface area is 109 Å². The largest absolute Gasteiger partial charge is 0.465 e. The number of hydrogen-bond acceptors (Lipinski definition) is 3. The number of rotatable bonds is 2. The summed E-state index contributed by atoms with van der Waals surface area (Å²) in [5, 5.41) is 7.46. The van der Waals surface area contributed by atoms with E-state index in [4.69, 9.17) is 16.3 Å². The van der Waals surface area contributed by atoms with E-state index < -0.39 is 5.97 Å². The van der Waals surface area contributed by atoms with Gasteiger partial charge in [-0.1, -0.05) is 11.8 Å². The molecule has 2 rings (SSSR count). The number of esters is 1. The summed E-state index contributed by atoms with van der Waals surface area (Å²) in [5.41, 5.74) is 1.95. The molecule has 1 heterocycles. The van der Waals surface area contributed by atoms with Crippen LogP contribution < -0.4 is 0 Å². The Morgan fingerprint density at radius 2 is 2.39 bits per heavy atom. The molecule has 0 fully saturated rings. The average molecular weight is 263 g/mol. The number of nitrogens with one attached hydrogen (secondary N) is 1. The highest BCUT2D eigenvalue weighted by Gasteiger charge is 2.12. The first-order chi connectivity index (χ1) is 8.76. The number of fused-ring (bicyclic) bond motifs is 1. The zero-order valence-electron chi connectivity index (χ0n) is 9.79. The number of carbonyl (C=O) groups is 1. The summed E-state index contributed by atoms with van der Waals surface area (Å²) < 4.78 is 4.74. The van der Waals surface area contributed by atoms with Crippen LogP contribution in [0.3, 0.4) is 0 Å². The van der Waals surface area contributed by atoms with Gasteiger partial charge >= 0.3 is 5.97 Å². The van der Waals surface area contributed by atoms with Crippen LogP contribution in [0, 0.1) is 11.8 Å². The molecule has 0 aliphatic rings. The molecule has 18 heavy (non-hydrogen) atoms. The topological polar surface area (TPSA) is 55.0 Å². The molecule has 1 aromatic carbocycles. The Balaban J connectivity index is 2.51. The van der Waals surface area contributed by atoms with E-state index in [0.29, 0.717) is 17.9 Å². The minimum atomic E-state index is -0.401. The van der Waals surface area contributed by atoms with E-state index >= 15 is 0 Å². The van der Waals surface area contributed by atoms with Gasteiger partial charge in [0.2, 0.25) is 0 Å². The van der Waals surface area contributed by atoms with Gasteiger partial charge in [0, 0.05) is 23.3 Å². The van der Waals surface area contributed by atoms with Gasteiger partial charge in [-0.25, -0.2) is 4.79 Å². The lowest BCUT2D eigenvalue weighted by atomic mass is 10.1. The number of ether oxygens (including phenoxy) is 1. The van der Waals surface area contributed by atoms with Crippen LogP contribution >= 0.6 is 11.6 Å². The first kappa shape index (κ1) is 12.5. The van der Waals surface area contributed by atoms with Crippen LogP contribution in [-0.2, 0) is 4.74 Å². The maximum atomic E-state index is 11.7. The van der Waals surface area contributed by atoms with Crippen LogP contribution in [0.2, 0.25) is 0 Å². The van der Waals surface area contributed by atoms with Crippen LogP contribution in [0.15, 0.2) is 18.3 Å². The fourth-order valence-corrected chi connectivity index (χ4v) is 1.71. The van der Waals surface area contributed by atoms with Crippen molar-refractivity contribution in [2.45, 2.75) is 6.42 Å². The Morgan fingerprint density at radius 1 is 1.56 bits per heavy atom. The first-order valence-electron chi connectivity index (χ1n) is 5.36. The molecule has 1 aromatic heterocycles. The Bertz CT molecular complexity index is 637. The van der Waals surface area contributed by atoms with Crippen molar-refractivity contribution in [3.63, 3.8) is 0 Å². The van der Waals surface area contributed by atoms with Crippen LogP contribution in [0.5, 0.6) is 0 Å². The van der Waals surface area contributed by atoms with Crippen molar-refractivity contribution in [3.8, 4) is 11.8 Å². The molecule has 0 amide bonds. The van der Waals surface area contributed by atoms with Gasteiger partial charge in [0.05, 0.1) is 24.4 Å². The number of benzene rings is 1. The molecule has 0 saturated heterocycles. The van der Waals surface area contributed by atoms with Crippen molar-refractivity contribution < 1.29 is 9.53 Å². The summed E-state index contributed by atoms with van der Waals surface area (Å²) in [4.78, 5) is 11.7. The van der Waals surface area contributed by atoms with E-state index in [9.17, 15) is 4.79 Å². The van der Waals surface area contributed by atoms with Gasteiger partial charge < -0.3 is 4.74 Å². The van der Waals surface area contributed by atoms with Crippen molar-refractivity contribution >= 4 is 28.5 Å². The lowest BCUT2D eigenvalue weighted by Crippen LogP contribution is -2.02. The average Bonchev–Trinajstić information content (AvgIpc) is 2.85. The molecular weight excluding hydrogens is 252 g/mol. The summed E-state index contributed by atoms with van der Waals surface area (Å²) in [6.45, 7) is 0. The Hall–Kier alpha value is -1.99.